The molecule has 0 aromatic carbocycles. The molecule has 2 aliphatic rings. The van der Waals surface area contributed by atoms with Gasteiger partial charge in [0.2, 0.25) is 0 Å². The maximum Gasteiger partial charge on any atom is 0.0826 e. The van der Waals surface area contributed by atoms with Gasteiger partial charge < -0.3 is 20.7 Å². The smallest absolute Gasteiger partial charge is 0.0826 e. The van der Waals surface area contributed by atoms with E-state index in [4.69, 9.17) is 10.5 Å². The van der Waals surface area contributed by atoms with Gasteiger partial charge in [0.15, 0.2) is 0 Å². The monoisotopic (exact) mass is 199 g/mol. The SMILES string of the molecule is NC1CCN(CC2CNCCO2)CC1. The molecule has 2 fully saturated rings. The van der Waals surface area contributed by atoms with Crippen LogP contribution in [0.15, 0.2) is 0 Å². The van der Waals surface area contributed by atoms with Gasteiger partial charge in [-0.25, -0.2) is 0 Å². The average Bonchev–Trinajstić information content (AvgIpc) is 2.23. The summed E-state index contributed by atoms with van der Waals surface area (Å²) >= 11 is 0. The molecule has 1 atom stereocenters. The predicted molar refractivity (Wildman–Crippen MR) is 56.3 cm³/mol. The van der Waals surface area contributed by atoms with E-state index in [2.05, 4.69) is 10.2 Å². The summed E-state index contributed by atoms with van der Waals surface area (Å²) < 4.78 is 5.67. The summed E-state index contributed by atoms with van der Waals surface area (Å²) in [5.74, 6) is 0. The van der Waals surface area contributed by atoms with Crippen LogP contribution in [-0.2, 0) is 4.74 Å². The zero-order chi connectivity index (χ0) is 9.80. The van der Waals surface area contributed by atoms with E-state index in [1.54, 1.807) is 0 Å². The summed E-state index contributed by atoms with van der Waals surface area (Å²) in [5.41, 5.74) is 5.86. The molecule has 2 saturated heterocycles. The summed E-state index contributed by atoms with van der Waals surface area (Å²) in [6, 6.07) is 0.427. The molecular formula is C10H21N3O. The molecule has 4 heteroatoms. The van der Waals surface area contributed by atoms with Gasteiger partial charge in [0.25, 0.3) is 0 Å². The van der Waals surface area contributed by atoms with Gasteiger partial charge >= 0.3 is 0 Å². The van der Waals surface area contributed by atoms with Crippen molar-refractivity contribution in [1.29, 1.82) is 0 Å². The number of nitrogens with one attached hydrogen (secondary N) is 1. The number of hydrogen-bond acceptors (Lipinski definition) is 4. The molecule has 3 N–H and O–H groups in total. The molecule has 82 valence electrons. The van der Waals surface area contributed by atoms with Gasteiger partial charge in [-0.1, -0.05) is 0 Å². The maximum absolute atomic E-state index is 5.86. The lowest BCUT2D eigenvalue weighted by atomic mass is 10.1. The van der Waals surface area contributed by atoms with Gasteiger partial charge in [-0.3, -0.25) is 0 Å². The van der Waals surface area contributed by atoms with Crippen LogP contribution in [0, 0.1) is 0 Å². The van der Waals surface area contributed by atoms with Gasteiger partial charge in [-0.05, 0) is 25.9 Å². The topological polar surface area (TPSA) is 50.5 Å². The first kappa shape index (κ1) is 10.4. The zero-order valence-electron chi connectivity index (χ0n) is 8.74. The highest BCUT2D eigenvalue weighted by atomic mass is 16.5. The molecule has 0 radical (unpaired) electrons. The third kappa shape index (κ3) is 2.92. The number of nitrogens with two attached hydrogens (primary N) is 1. The molecule has 0 bridgehead atoms. The van der Waals surface area contributed by atoms with Crippen LogP contribution in [0.2, 0.25) is 0 Å². The Kier molecular flexibility index (Phi) is 3.75. The highest BCUT2D eigenvalue weighted by Crippen LogP contribution is 2.09. The Morgan fingerprint density at radius 1 is 1.36 bits per heavy atom. The van der Waals surface area contributed by atoms with Crippen molar-refractivity contribution in [3.05, 3.63) is 0 Å². The van der Waals surface area contributed by atoms with Crippen LogP contribution in [0.1, 0.15) is 12.8 Å². The van der Waals surface area contributed by atoms with Gasteiger partial charge in [0.05, 0.1) is 12.7 Å². The summed E-state index contributed by atoms with van der Waals surface area (Å²) in [5, 5.41) is 3.36. The fourth-order valence-electron chi connectivity index (χ4n) is 2.16. The van der Waals surface area contributed by atoms with Gasteiger partial charge in [0.1, 0.15) is 0 Å². The molecule has 1 unspecified atom stereocenters. The molecule has 2 aliphatic heterocycles. The zero-order valence-corrected chi connectivity index (χ0v) is 8.74. The highest BCUT2D eigenvalue weighted by molar-refractivity contribution is 4.78. The Morgan fingerprint density at radius 2 is 2.14 bits per heavy atom. The van der Waals surface area contributed by atoms with Gasteiger partial charge in [0, 0.05) is 25.7 Å². The Bertz CT molecular complexity index is 163. The summed E-state index contributed by atoms with van der Waals surface area (Å²) in [6.07, 6.45) is 2.67. The van der Waals surface area contributed by atoms with Crippen molar-refractivity contribution >= 4 is 0 Å². The largest absolute Gasteiger partial charge is 0.374 e. The molecule has 0 aliphatic carbocycles. The number of ether oxygens (including phenoxy) is 1. The second-order valence-electron chi connectivity index (χ2n) is 4.33. The minimum atomic E-state index is 0.387. The van der Waals surface area contributed by atoms with Crippen molar-refractivity contribution in [3.8, 4) is 0 Å². The van der Waals surface area contributed by atoms with Crippen molar-refractivity contribution < 1.29 is 4.74 Å². The Hall–Kier alpha value is -0.160. The van der Waals surface area contributed by atoms with E-state index in [0.29, 0.717) is 12.1 Å². The van der Waals surface area contributed by atoms with E-state index in [9.17, 15) is 0 Å². The molecule has 14 heavy (non-hydrogen) atoms. The highest BCUT2D eigenvalue weighted by Gasteiger charge is 2.21. The number of likely N-dealkylation sites (tertiary alicyclic amines) is 1. The van der Waals surface area contributed by atoms with E-state index >= 15 is 0 Å². The number of rotatable bonds is 2. The van der Waals surface area contributed by atoms with Crippen LogP contribution in [-0.4, -0.2) is 56.4 Å². The Balaban J connectivity index is 1.68. The quantitative estimate of drug-likeness (QED) is 0.623. The lowest BCUT2D eigenvalue weighted by Gasteiger charge is -2.34. The summed E-state index contributed by atoms with van der Waals surface area (Å²) in [6.45, 7) is 6.21. The normalized spacial score (nSPS) is 31.9. The van der Waals surface area contributed by atoms with Crippen molar-refractivity contribution in [2.45, 2.75) is 25.0 Å². The van der Waals surface area contributed by atoms with Crippen LogP contribution in [0.25, 0.3) is 0 Å². The molecular weight excluding hydrogens is 178 g/mol. The minimum Gasteiger partial charge on any atom is -0.374 e. The lowest BCUT2D eigenvalue weighted by molar-refractivity contribution is 0.00144. The molecule has 0 saturated carbocycles. The van der Waals surface area contributed by atoms with E-state index in [1.165, 1.54) is 0 Å². The molecule has 0 aromatic rings. The Labute approximate surface area is 85.8 Å². The predicted octanol–water partition coefficient (Wildman–Crippen LogP) is -0.602. The molecule has 2 heterocycles. The first-order valence-electron chi connectivity index (χ1n) is 5.65. The van der Waals surface area contributed by atoms with Crippen molar-refractivity contribution in [3.63, 3.8) is 0 Å². The standard InChI is InChI=1S/C10H21N3O/c11-9-1-4-13(5-2-9)8-10-7-12-3-6-14-10/h9-10,12H,1-8,11H2. The second-order valence-corrected chi connectivity index (χ2v) is 4.33. The van der Waals surface area contributed by atoms with Crippen LogP contribution < -0.4 is 11.1 Å². The van der Waals surface area contributed by atoms with E-state index in [1.807, 2.05) is 0 Å². The Morgan fingerprint density at radius 3 is 2.79 bits per heavy atom. The first-order chi connectivity index (χ1) is 6.84. The third-order valence-electron chi connectivity index (χ3n) is 3.10. The van der Waals surface area contributed by atoms with Gasteiger partial charge in [-0.2, -0.15) is 0 Å². The maximum atomic E-state index is 5.86. The summed E-state index contributed by atoms with van der Waals surface area (Å²) in [7, 11) is 0. The molecule has 2 rings (SSSR count). The van der Waals surface area contributed by atoms with Crippen LogP contribution >= 0.6 is 0 Å². The number of piperidine rings is 1. The molecule has 0 aromatic heterocycles. The number of morpholine rings is 1. The fourth-order valence-corrected chi connectivity index (χ4v) is 2.16. The minimum absolute atomic E-state index is 0.387. The molecule has 0 amide bonds. The average molecular weight is 199 g/mol. The number of nitrogens with zero attached hydrogens (tertiary/aromatic N) is 1. The molecule has 0 spiro atoms. The van der Waals surface area contributed by atoms with Crippen LogP contribution in [0.3, 0.4) is 0 Å². The van der Waals surface area contributed by atoms with Crippen LogP contribution in [0.4, 0.5) is 0 Å². The van der Waals surface area contributed by atoms with E-state index < -0.39 is 0 Å². The third-order valence-corrected chi connectivity index (χ3v) is 3.10. The fraction of sp³-hybridized carbons (Fsp3) is 1.00. The first-order valence-corrected chi connectivity index (χ1v) is 5.65. The van der Waals surface area contributed by atoms with Crippen molar-refractivity contribution in [1.82, 2.24) is 10.2 Å². The second kappa shape index (κ2) is 5.07. The molecule has 4 nitrogen and oxygen atoms in total. The van der Waals surface area contributed by atoms with Crippen molar-refractivity contribution in [2.24, 2.45) is 5.73 Å². The van der Waals surface area contributed by atoms with E-state index in [-0.39, 0.29) is 0 Å². The lowest BCUT2D eigenvalue weighted by Crippen LogP contribution is -2.48. The van der Waals surface area contributed by atoms with E-state index in [0.717, 1.165) is 52.2 Å². The van der Waals surface area contributed by atoms with Crippen LogP contribution in [0.5, 0.6) is 0 Å². The summed E-state index contributed by atoms with van der Waals surface area (Å²) in [4.78, 5) is 2.47. The van der Waals surface area contributed by atoms with Crippen molar-refractivity contribution in [2.75, 3.05) is 39.3 Å². The van der Waals surface area contributed by atoms with Gasteiger partial charge in [-0.15, -0.1) is 0 Å². The number of hydrogen-bond donors (Lipinski definition) is 2.